The normalized spacial score (nSPS) is 19.7. The molecule has 1 N–H and O–H groups in total. The van der Waals surface area contributed by atoms with Gasteiger partial charge in [-0.05, 0) is 38.4 Å². The minimum Gasteiger partial charge on any atom is -0.377 e. The molecule has 2 rings (SSSR count). The van der Waals surface area contributed by atoms with E-state index in [0.29, 0.717) is 18.1 Å². The summed E-state index contributed by atoms with van der Waals surface area (Å²) in [7, 11) is 0. The zero-order valence-corrected chi connectivity index (χ0v) is 13.0. The molecule has 1 heterocycles. The monoisotopic (exact) mass is 279 g/mol. The number of ether oxygens (including phenoxy) is 1. The summed E-state index contributed by atoms with van der Waals surface area (Å²) in [6.45, 7) is 8.29. The average molecular weight is 279 g/mol. The SMILES string of the molecule is CCCNC(COC(C)C)C1CSc2ccccc21. The molecule has 2 atom stereocenters. The van der Waals surface area contributed by atoms with Crippen molar-refractivity contribution < 1.29 is 4.74 Å². The fraction of sp³-hybridized carbons (Fsp3) is 0.625. The first-order valence-corrected chi connectivity index (χ1v) is 8.27. The minimum atomic E-state index is 0.301. The molecule has 0 aromatic heterocycles. The quantitative estimate of drug-likeness (QED) is 0.823. The maximum Gasteiger partial charge on any atom is 0.0629 e. The van der Waals surface area contributed by atoms with Gasteiger partial charge in [0.05, 0.1) is 12.7 Å². The van der Waals surface area contributed by atoms with Crippen LogP contribution in [0.3, 0.4) is 0 Å². The highest BCUT2D eigenvalue weighted by atomic mass is 32.2. The van der Waals surface area contributed by atoms with Crippen LogP contribution in [0, 0.1) is 0 Å². The summed E-state index contributed by atoms with van der Waals surface area (Å²) in [4.78, 5) is 1.44. The second-order valence-electron chi connectivity index (χ2n) is 5.40. The van der Waals surface area contributed by atoms with E-state index in [1.807, 2.05) is 11.8 Å². The standard InChI is InChI=1S/C16H25NOS/c1-4-9-17-15(10-18-12(2)3)14-11-19-16-8-6-5-7-13(14)16/h5-8,12,14-15,17H,4,9-11H2,1-3H3. The first-order valence-electron chi connectivity index (χ1n) is 7.29. The van der Waals surface area contributed by atoms with Crippen LogP contribution in [-0.2, 0) is 4.74 Å². The molecular formula is C16H25NOS. The zero-order chi connectivity index (χ0) is 13.7. The Kier molecular flexibility index (Phi) is 5.74. The predicted octanol–water partition coefficient (Wildman–Crippen LogP) is 3.67. The van der Waals surface area contributed by atoms with Crippen molar-refractivity contribution in [1.29, 1.82) is 0 Å². The highest BCUT2D eigenvalue weighted by molar-refractivity contribution is 7.99. The lowest BCUT2D eigenvalue weighted by atomic mass is 9.93. The van der Waals surface area contributed by atoms with Gasteiger partial charge in [0.15, 0.2) is 0 Å². The Balaban J connectivity index is 2.05. The summed E-state index contributed by atoms with van der Waals surface area (Å²) < 4.78 is 5.86. The van der Waals surface area contributed by atoms with Crippen molar-refractivity contribution in [3.63, 3.8) is 0 Å². The highest BCUT2D eigenvalue weighted by Crippen LogP contribution is 2.41. The summed E-state index contributed by atoms with van der Waals surface area (Å²) in [5.74, 6) is 1.74. The van der Waals surface area contributed by atoms with Gasteiger partial charge in [-0.2, -0.15) is 0 Å². The van der Waals surface area contributed by atoms with Crippen molar-refractivity contribution in [2.75, 3.05) is 18.9 Å². The van der Waals surface area contributed by atoms with Crippen molar-refractivity contribution in [3.05, 3.63) is 29.8 Å². The van der Waals surface area contributed by atoms with E-state index in [4.69, 9.17) is 4.74 Å². The highest BCUT2D eigenvalue weighted by Gasteiger charge is 2.30. The van der Waals surface area contributed by atoms with Gasteiger partial charge in [0, 0.05) is 22.6 Å². The Labute approximate surface area is 121 Å². The maximum atomic E-state index is 5.86. The van der Waals surface area contributed by atoms with Crippen LogP contribution in [0.4, 0.5) is 0 Å². The first-order chi connectivity index (χ1) is 9.22. The van der Waals surface area contributed by atoms with Crippen molar-refractivity contribution in [1.82, 2.24) is 5.32 Å². The van der Waals surface area contributed by atoms with Crippen LogP contribution in [0.25, 0.3) is 0 Å². The first kappa shape index (κ1) is 14.9. The number of hydrogen-bond acceptors (Lipinski definition) is 3. The van der Waals surface area contributed by atoms with Crippen LogP contribution in [-0.4, -0.2) is 31.1 Å². The van der Waals surface area contributed by atoms with Crippen LogP contribution in [0.1, 0.15) is 38.7 Å². The van der Waals surface area contributed by atoms with Gasteiger partial charge in [0.2, 0.25) is 0 Å². The lowest BCUT2D eigenvalue weighted by Gasteiger charge is -2.26. The van der Waals surface area contributed by atoms with E-state index in [9.17, 15) is 0 Å². The fourth-order valence-corrected chi connectivity index (χ4v) is 3.80. The minimum absolute atomic E-state index is 0.301. The molecule has 106 valence electrons. The molecule has 0 saturated carbocycles. The smallest absolute Gasteiger partial charge is 0.0629 e. The molecule has 0 aliphatic carbocycles. The predicted molar refractivity (Wildman–Crippen MR) is 83.1 cm³/mol. The molecule has 0 fully saturated rings. The molecule has 1 aliphatic heterocycles. The largest absolute Gasteiger partial charge is 0.377 e. The van der Waals surface area contributed by atoms with Crippen molar-refractivity contribution in [3.8, 4) is 0 Å². The molecule has 2 unspecified atom stereocenters. The zero-order valence-electron chi connectivity index (χ0n) is 12.2. The molecule has 0 radical (unpaired) electrons. The lowest BCUT2D eigenvalue weighted by molar-refractivity contribution is 0.0571. The van der Waals surface area contributed by atoms with E-state index in [1.165, 1.54) is 22.6 Å². The van der Waals surface area contributed by atoms with Crippen molar-refractivity contribution in [2.45, 2.75) is 50.2 Å². The maximum absolute atomic E-state index is 5.86. The summed E-state index contributed by atoms with van der Waals surface area (Å²) in [5, 5.41) is 3.67. The topological polar surface area (TPSA) is 21.3 Å². The van der Waals surface area contributed by atoms with Crippen LogP contribution >= 0.6 is 11.8 Å². The Morgan fingerprint density at radius 2 is 2.16 bits per heavy atom. The molecular weight excluding hydrogens is 254 g/mol. The second-order valence-corrected chi connectivity index (χ2v) is 6.46. The number of nitrogens with one attached hydrogen (secondary N) is 1. The van der Waals surface area contributed by atoms with E-state index in [2.05, 4.69) is 50.4 Å². The molecule has 0 amide bonds. The van der Waals surface area contributed by atoms with Crippen molar-refractivity contribution >= 4 is 11.8 Å². The number of rotatable bonds is 7. The van der Waals surface area contributed by atoms with Gasteiger partial charge in [-0.15, -0.1) is 11.8 Å². The van der Waals surface area contributed by atoms with E-state index in [-0.39, 0.29) is 0 Å². The van der Waals surface area contributed by atoms with Crippen LogP contribution in [0.5, 0.6) is 0 Å². The Morgan fingerprint density at radius 3 is 2.89 bits per heavy atom. The molecule has 0 bridgehead atoms. The van der Waals surface area contributed by atoms with Gasteiger partial charge in [-0.1, -0.05) is 25.1 Å². The average Bonchev–Trinajstić information content (AvgIpc) is 2.83. The third kappa shape index (κ3) is 3.98. The summed E-state index contributed by atoms with van der Waals surface area (Å²) in [6, 6.07) is 9.22. The molecule has 19 heavy (non-hydrogen) atoms. The van der Waals surface area contributed by atoms with Crippen molar-refractivity contribution in [2.24, 2.45) is 0 Å². The molecule has 0 saturated heterocycles. The summed E-state index contributed by atoms with van der Waals surface area (Å²) >= 11 is 1.98. The van der Waals surface area contributed by atoms with E-state index < -0.39 is 0 Å². The van der Waals surface area contributed by atoms with Crippen LogP contribution in [0.15, 0.2) is 29.2 Å². The number of thioether (sulfide) groups is 1. The third-order valence-corrected chi connectivity index (χ3v) is 4.70. The van der Waals surface area contributed by atoms with E-state index in [1.54, 1.807) is 0 Å². The Morgan fingerprint density at radius 1 is 1.37 bits per heavy atom. The van der Waals surface area contributed by atoms with Crippen LogP contribution < -0.4 is 5.32 Å². The molecule has 1 aromatic carbocycles. The number of hydrogen-bond donors (Lipinski definition) is 1. The second kappa shape index (κ2) is 7.32. The van der Waals surface area contributed by atoms with Gasteiger partial charge in [-0.25, -0.2) is 0 Å². The Bertz CT molecular complexity index is 394. The number of fused-ring (bicyclic) bond motifs is 1. The molecule has 1 aromatic rings. The summed E-state index contributed by atoms with van der Waals surface area (Å²) in [5.41, 5.74) is 1.49. The van der Waals surface area contributed by atoms with Crippen LogP contribution in [0.2, 0.25) is 0 Å². The van der Waals surface area contributed by atoms with Gasteiger partial charge in [0.25, 0.3) is 0 Å². The van der Waals surface area contributed by atoms with Gasteiger partial charge >= 0.3 is 0 Å². The third-order valence-electron chi connectivity index (χ3n) is 3.49. The molecule has 0 spiro atoms. The number of benzene rings is 1. The summed E-state index contributed by atoms with van der Waals surface area (Å²) in [6.07, 6.45) is 1.47. The Hall–Kier alpha value is -0.510. The van der Waals surface area contributed by atoms with E-state index >= 15 is 0 Å². The molecule has 1 aliphatic rings. The van der Waals surface area contributed by atoms with Gasteiger partial charge in [0.1, 0.15) is 0 Å². The lowest BCUT2D eigenvalue weighted by Crippen LogP contribution is -2.40. The molecule has 2 nitrogen and oxygen atoms in total. The fourth-order valence-electron chi connectivity index (χ4n) is 2.46. The molecule has 3 heteroatoms. The van der Waals surface area contributed by atoms with Gasteiger partial charge < -0.3 is 10.1 Å². The van der Waals surface area contributed by atoms with E-state index in [0.717, 1.165) is 13.2 Å². The van der Waals surface area contributed by atoms with Gasteiger partial charge in [-0.3, -0.25) is 0 Å².